The second kappa shape index (κ2) is 6.76. The summed E-state index contributed by atoms with van der Waals surface area (Å²) in [4.78, 5) is 3.71. The Morgan fingerprint density at radius 2 is 2.08 bits per heavy atom. The van der Waals surface area contributed by atoms with Crippen LogP contribution in [0.2, 0.25) is 5.02 Å². The Labute approximate surface area is 154 Å². The van der Waals surface area contributed by atoms with Crippen LogP contribution >= 0.6 is 11.6 Å². The van der Waals surface area contributed by atoms with Crippen molar-refractivity contribution >= 4 is 22.5 Å². The van der Waals surface area contributed by atoms with Crippen LogP contribution in [0.15, 0.2) is 42.5 Å². The fraction of sp³-hybridized carbons (Fsp3) is 0.364. The molecular formula is C22H24ClNO. The van der Waals surface area contributed by atoms with Gasteiger partial charge in [-0.1, -0.05) is 37.1 Å². The van der Waals surface area contributed by atoms with E-state index >= 15 is 0 Å². The summed E-state index contributed by atoms with van der Waals surface area (Å²) in [5.41, 5.74) is 5.33. The largest absolute Gasteiger partial charge is 0.497 e. The Hall–Kier alpha value is -1.93. The first-order valence-electron chi connectivity index (χ1n) is 9.13. The van der Waals surface area contributed by atoms with Crippen LogP contribution in [0, 0.1) is 5.92 Å². The van der Waals surface area contributed by atoms with Crippen molar-refractivity contribution in [2.75, 3.05) is 7.11 Å². The molecule has 3 aromatic rings. The molecule has 0 spiro atoms. The Morgan fingerprint density at radius 1 is 1.20 bits per heavy atom. The van der Waals surface area contributed by atoms with Crippen LogP contribution in [0.4, 0.5) is 0 Å². The summed E-state index contributed by atoms with van der Waals surface area (Å²) in [5.74, 6) is 2.05. The van der Waals surface area contributed by atoms with Crippen LogP contribution in [0.25, 0.3) is 10.9 Å². The molecular weight excluding hydrogens is 330 g/mol. The Kier molecular flexibility index (Phi) is 4.47. The van der Waals surface area contributed by atoms with Gasteiger partial charge in [-0.25, -0.2) is 0 Å². The van der Waals surface area contributed by atoms with Gasteiger partial charge in [0.25, 0.3) is 0 Å². The lowest BCUT2D eigenvalue weighted by Crippen LogP contribution is -2.07. The molecule has 1 aromatic heterocycles. The fourth-order valence-corrected chi connectivity index (χ4v) is 4.43. The molecule has 130 valence electrons. The van der Waals surface area contributed by atoms with Crippen molar-refractivity contribution in [3.05, 3.63) is 64.3 Å². The zero-order valence-corrected chi connectivity index (χ0v) is 15.6. The van der Waals surface area contributed by atoms with E-state index in [2.05, 4.69) is 42.2 Å². The SMILES string of the molecule is CC[C@@H]1CCc2c([nH]c3ccc(Cl)cc23)C(c2cccc(OC)c2)C1. The highest BCUT2D eigenvalue weighted by atomic mass is 35.5. The number of benzene rings is 2. The Balaban J connectivity index is 1.88. The first kappa shape index (κ1) is 16.5. The van der Waals surface area contributed by atoms with E-state index in [1.807, 2.05) is 12.1 Å². The molecule has 1 heterocycles. The van der Waals surface area contributed by atoms with Crippen LogP contribution in [0.1, 0.15) is 48.9 Å². The molecule has 4 rings (SSSR count). The molecule has 0 fully saturated rings. The van der Waals surface area contributed by atoms with Gasteiger partial charge in [0.05, 0.1) is 7.11 Å². The van der Waals surface area contributed by atoms with Crippen molar-refractivity contribution in [3.8, 4) is 5.75 Å². The molecule has 1 unspecified atom stereocenters. The summed E-state index contributed by atoms with van der Waals surface area (Å²) >= 11 is 6.28. The maximum atomic E-state index is 6.28. The Morgan fingerprint density at radius 3 is 2.88 bits per heavy atom. The molecule has 0 bridgehead atoms. The third-order valence-corrected chi connectivity index (χ3v) is 5.93. The lowest BCUT2D eigenvalue weighted by Gasteiger charge is -2.20. The molecule has 1 aliphatic rings. The lowest BCUT2D eigenvalue weighted by molar-refractivity contribution is 0.410. The minimum atomic E-state index is 0.378. The summed E-state index contributed by atoms with van der Waals surface area (Å²) in [6.07, 6.45) is 4.76. The molecule has 0 aliphatic heterocycles. The van der Waals surface area contributed by atoms with Gasteiger partial charge in [0, 0.05) is 27.5 Å². The summed E-state index contributed by atoms with van der Waals surface area (Å²) < 4.78 is 5.47. The normalized spacial score (nSPS) is 20.3. The van der Waals surface area contributed by atoms with Crippen molar-refractivity contribution in [2.24, 2.45) is 5.92 Å². The second-order valence-electron chi connectivity index (χ2n) is 7.08. The lowest BCUT2D eigenvalue weighted by atomic mass is 9.86. The molecule has 0 saturated heterocycles. The van der Waals surface area contributed by atoms with Gasteiger partial charge >= 0.3 is 0 Å². The van der Waals surface area contributed by atoms with Crippen molar-refractivity contribution in [3.63, 3.8) is 0 Å². The van der Waals surface area contributed by atoms with Gasteiger partial charge < -0.3 is 9.72 Å². The zero-order chi connectivity index (χ0) is 17.4. The number of nitrogens with one attached hydrogen (secondary N) is 1. The maximum Gasteiger partial charge on any atom is 0.119 e. The molecule has 1 aliphatic carbocycles. The highest BCUT2D eigenvalue weighted by Crippen LogP contribution is 2.42. The molecule has 0 radical (unpaired) electrons. The number of ether oxygens (including phenoxy) is 1. The molecule has 2 nitrogen and oxygen atoms in total. The van der Waals surface area contributed by atoms with E-state index in [0.29, 0.717) is 5.92 Å². The summed E-state index contributed by atoms with van der Waals surface area (Å²) in [5, 5.41) is 2.09. The number of methoxy groups -OCH3 is 1. The van der Waals surface area contributed by atoms with Crippen LogP contribution in [-0.2, 0) is 6.42 Å². The monoisotopic (exact) mass is 353 g/mol. The number of rotatable bonds is 3. The number of halogens is 1. The minimum Gasteiger partial charge on any atom is -0.497 e. The van der Waals surface area contributed by atoms with Crippen molar-refractivity contribution in [1.82, 2.24) is 4.98 Å². The predicted octanol–water partition coefficient (Wildman–Crippen LogP) is 6.32. The molecule has 3 heteroatoms. The van der Waals surface area contributed by atoms with E-state index in [-0.39, 0.29) is 0 Å². The smallest absolute Gasteiger partial charge is 0.119 e. The third kappa shape index (κ3) is 3.04. The first-order valence-corrected chi connectivity index (χ1v) is 9.51. The summed E-state index contributed by atoms with van der Waals surface area (Å²) in [6.45, 7) is 2.31. The third-order valence-electron chi connectivity index (χ3n) is 5.69. The number of fused-ring (bicyclic) bond motifs is 3. The van der Waals surface area contributed by atoms with E-state index in [1.165, 1.54) is 47.0 Å². The van der Waals surface area contributed by atoms with E-state index in [4.69, 9.17) is 16.3 Å². The van der Waals surface area contributed by atoms with Crippen LogP contribution in [0.3, 0.4) is 0 Å². The Bertz CT molecular complexity index is 898. The fourth-order valence-electron chi connectivity index (χ4n) is 4.26. The molecule has 0 saturated carbocycles. The van der Waals surface area contributed by atoms with E-state index < -0.39 is 0 Å². The van der Waals surface area contributed by atoms with Gasteiger partial charge in [-0.3, -0.25) is 0 Å². The van der Waals surface area contributed by atoms with E-state index in [9.17, 15) is 0 Å². The number of aromatic nitrogens is 1. The molecule has 0 amide bonds. The standard InChI is InChI=1S/C22H24ClNO/c1-3-14-7-9-18-20-13-16(23)8-10-21(20)24-22(18)19(11-14)15-5-4-6-17(12-15)25-2/h4-6,8,10,12-14,19,24H,3,7,9,11H2,1-2H3/t14-,19?/m1/s1. The number of H-pyrrole nitrogens is 1. The van der Waals surface area contributed by atoms with Crippen molar-refractivity contribution in [1.29, 1.82) is 0 Å². The number of hydrogen-bond acceptors (Lipinski definition) is 1. The van der Waals surface area contributed by atoms with Gasteiger partial charge in [0.15, 0.2) is 0 Å². The topological polar surface area (TPSA) is 25.0 Å². The predicted molar refractivity (Wildman–Crippen MR) is 105 cm³/mol. The highest BCUT2D eigenvalue weighted by Gasteiger charge is 2.28. The van der Waals surface area contributed by atoms with Gasteiger partial charge in [-0.2, -0.15) is 0 Å². The van der Waals surface area contributed by atoms with Crippen molar-refractivity contribution in [2.45, 2.75) is 38.5 Å². The van der Waals surface area contributed by atoms with Crippen LogP contribution < -0.4 is 4.74 Å². The van der Waals surface area contributed by atoms with Crippen LogP contribution in [-0.4, -0.2) is 12.1 Å². The molecule has 25 heavy (non-hydrogen) atoms. The van der Waals surface area contributed by atoms with Crippen molar-refractivity contribution < 1.29 is 4.74 Å². The minimum absolute atomic E-state index is 0.378. The quantitative estimate of drug-likeness (QED) is 0.547. The zero-order valence-electron chi connectivity index (χ0n) is 14.8. The average molecular weight is 354 g/mol. The second-order valence-corrected chi connectivity index (χ2v) is 7.52. The summed E-state index contributed by atoms with van der Waals surface area (Å²) in [6, 6.07) is 14.7. The molecule has 1 N–H and O–H groups in total. The summed E-state index contributed by atoms with van der Waals surface area (Å²) in [7, 11) is 1.73. The first-order chi connectivity index (χ1) is 12.2. The van der Waals surface area contributed by atoms with Gasteiger partial charge in [-0.05, 0) is 66.6 Å². The average Bonchev–Trinajstić information content (AvgIpc) is 2.88. The maximum absolute atomic E-state index is 6.28. The molecule has 2 aromatic carbocycles. The van der Waals surface area contributed by atoms with Gasteiger partial charge in [-0.15, -0.1) is 0 Å². The van der Waals surface area contributed by atoms with Gasteiger partial charge in [0.1, 0.15) is 5.75 Å². The van der Waals surface area contributed by atoms with E-state index in [1.54, 1.807) is 7.11 Å². The number of hydrogen-bond donors (Lipinski definition) is 1. The van der Waals surface area contributed by atoms with Gasteiger partial charge in [0.2, 0.25) is 0 Å². The molecule has 2 atom stereocenters. The number of aryl methyl sites for hydroxylation is 1. The number of aromatic amines is 1. The van der Waals surface area contributed by atoms with Crippen LogP contribution in [0.5, 0.6) is 5.75 Å². The highest BCUT2D eigenvalue weighted by molar-refractivity contribution is 6.31. The van der Waals surface area contributed by atoms with E-state index in [0.717, 1.165) is 23.1 Å².